The summed E-state index contributed by atoms with van der Waals surface area (Å²) >= 11 is 0. The van der Waals surface area contributed by atoms with Crippen molar-refractivity contribution in [1.29, 1.82) is 0 Å². The molecule has 2 aromatic carbocycles. The quantitative estimate of drug-likeness (QED) is 0.261. The number of nitrogens with one attached hydrogen (secondary N) is 1. The maximum Gasteiger partial charge on any atom is 0.469 e. The van der Waals surface area contributed by atoms with Gasteiger partial charge in [-0.25, -0.2) is 4.57 Å². The Labute approximate surface area is 183 Å². The lowest BCUT2D eigenvalue weighted by atomic mass is 9.98. The zero-order chi connectivity index (χ0) is 21.9. The van der Waals surface area contributed by atoms with E-state index in [2.05, 4.69) is 63.4 Å². The van der Waals surface area contributed by atoms with E-state index >= 15 is 0 Å². The number of phosphoric acid groups is 1. The van der Waals surface area contributed by atoms with Crippen LogP contribution in [0.2, 0.25) is 0 Å². The van der Waals surface area contributed by atoms with E-state index in [-0.39, 0.29) is 6.61 Å². The number of aromatic nitrogens is 1. The van der Waals surface area contributed by atoms with Crippen molar-refractivity contribution in [2.75, 3.05) is 13.2 Å². The lowest BCUT2D eigenvalue weighted by molar-refractivity contribution is 0.197. The van der Waals surface area contributed by atoms with Gasteiger partial charge in [0.05, 0.1) is 12.1 Å². The Morgan fingerprint density at radius 2 is 1.61 bits per heavy atom. The highest BCUT2D eigenvalue weighted by molar-refractivity contribution is 7.46. The maximum absolute atomic E-state index is 10.7. The molecular formula is C24H31N2O4P. The van der Waals surface area contributed by atoms with E-state index in [4.69, 9.17) is 9.79 Å². The molecule has 0 atom stereocenters. The zero-order valence-electron chi connectivity index (χ0n) is 17.7. The molecule has 3 N–H and O–H groups in total. The number of aryl methyl sites for hydroxylation is 2. The lowest BCUT2D eigenvalue weighted by Crippen LogP contribution is -2.19. The van der Waals surface area contributed by atoms with Gasteiger partial charge >= 0.3 is 7.82 Å². The maximum atomic E-state index is 10.7. The number of fused-ring (bicyclic) bond motifs is 1. The first-order valence-electron chi connectivity index (χ1n) is 10.8. The number of rotatable bonds is 13. The molecule has 0 fully saturated rings. The molecule has 0 aliphatic rings. The van der Waals surface area contributed by atoms with Crippen molar-refractivity contribution in [3.8, 4) is 0 Å². The van der Waals surface area contributed by atoms with Gasteiger partial charge in [0.15, 0.2) is 0 Å². The largest absolute Gasteiger partial charge is 0.469 e. The van der Waals surface area contributed by atoms with Crippen molar-refractivity contribution in [2.45, 2.75) is 45.1 Å². The average molecular weight is 442 g/mol. The molecule has 3 aromatic rings. The van der Waals surface area contributed by atoms with Gasteiger partial charge in [-0.2, -0.15) is 0 Å². The number of hydrogen-bond donors (Lipinski definition) is 3. The lowest BCUT2D eigenvalue weighted by Gasteiger charge is -2.12. The molecule has 0 saturated carbocycles. The summed E-state index contributed by atoms with van der Waals surface area (Å²) in [4.78, 5) is 22.0. The Morgan fingerprint density at radius 1 is 0.871 bits per heavy atom. The van der Waals surface area contributed by atoms with Crippen LogP contribution in [0, 0.1) is 0 Å². The minimum atomic E-state index is -4.41. The molecule has 7 heteroatoms. The summed E-state index contributed by atoms with van der Waals surface area (Å²) in [5.41, 5.74) is 4.78. The molecule has 0 bridgehead atoms. The fraction of sp³-hybridized carbons (Fsp3) is 0.375. The molecule has 0 aliphatic carbocycles. The number of unbranched alkanes of at least 4 members (excludes halogenated alkanes) is 3. The monoisotopic (exact) mass is 442 g/mol. The molecule has 0 aliphatic heterocycles. The minimum Gasteiger partial charge on any atom is -0.310 e. The predicted octanol–water partition coefficient (Wildman–Crippen LogP) is 4.78. The van der Waals surface area contributed by atoms with Crippen molar-refractivity contribution < 1.29 is 18.9 Å². The predicted molar refractivity (Wildman–Crippen MR) is 124 cm³/mol. The van der Waals surface area contributed by atoms with E-state index in [0.29, 0.717) is 13.1 Å². The normalized spacial score (nSPS) is 11.8. The van der Waals surface area contributed by atoms with E-state index in [1.54, 1.807) is 6.20 Å². The number of hydrogen-bond acceptors (Lipinski definition) is 4. The molecule has 3 rings (SSSR count). The summed E-state index contributed by atoms with van der Waals surface area (Å²) in [6.07, 6.45) is 8.84. The van der Waals surface area contributed by atoms with Gasteiger partial charge in [0, 0.05) is 24.7 Å². The molecule has 0 saturated heterocycles. The van der Waals surface area contributed by atoms with E-state index in [9.17, 15) is 4.57 Å². The van der Waals surface area contributed by atoms with Crippen LogP contribution in [0.3, 0.4) is 0 Å². The Kier molecular flexibility index (Phi) is 9.19. The highest BCUT2D eigenvalue weighted by Gasteiger charge is 2.12. The summed E-state index contributed by atoms with van der Waals surface area (Å²) in [6.45, 7) is 0.875. The third-order valence-corrected chi connectivity index (χ3v) is 5.82. The van der Waals surface area contributed by atoms with Gasteiger partial charge in [-0.1, -0.05) is 61.4 Å². The molecule has 1 heterocycles. The third kappa shape index (κ3) is 8.17. The first-order chi connectivity index (χ1) is 15.0. The van der Waals surface area contributed by atoms with E-state index < -0.39 is 7.82 Å². The number of benzene rings is 2. The fourth-order valence-electron chi connectivity index (χ4n) is 3.75. The van der Waals surface area contributed by atoms with Gasteiger partial charge in [0.1, 0.15) is 0 Å². The van der Waals surface area contributed by atoms with Gasteiger partial charge in [0.2, 0.25) is 0 Å². The van der Waals surface area contributed by atoms with Crippen molar-refractivity contribution in [3.05, 3.63) is 77.5 Å². The first-order valence-corrected chi connectivity index (χ1v) is 12.4. The molecule has 0 spiro atoms. The Balaban J connectivity index is 1.47. The van der Waals surface area contributed by atoms with Crippen molar-refractivity contribution >= 4 is 18.7 Å². The van der Waals surface area contributed by atoms with Crippen LogP contribution in [-0.4, -0.2) is 27.9 Å². The van der Waals surface area contributed by atoms with Crippen molar-refractivity contribution in [2.24, 2.45) is 0 Å². The van der Waals surface area contributed by atoms with Crippen LogP contribution in [0.4, 0.5) is 0 Å². The first kappa shape index (κ1) is 23.6. The average Bonchev–Trinajstić information content (AvgIpc) is 2.76. The highest BCUT2D eigenvalue weighted by atomic mass is 31.2. The molecule has 0 unspecified atom stereocenters. The molecule has 6 nitrogen and oxygen atoms in total. The molecule has 166 valence electrons. The Morgan fingerprint density at radius 3 is 2.39 bits per heavy atom. The third-order valence-electron chi connectivity index (χ3n) is 5.30. The van der Waals surface area contributed by atoms with Crippen LogP contribution in [-0.2, 0) is 28.5 Å². The second-order valence-electron chi connectivity index (χ2n) is 7.68. The second-order valence-corrected chi connectivity index (χ2v) is 8.92. The van der Waals surface area contributed by atoms with Crippen molar-refractivity contribution in [3.63, 3.8) is 0 Å². The van der Waals surface area contributed by atoms with Gasteiger partial charge < -0.3 is 15.1 Å². The summed E-state index contributed by atoms with van der Waals surface area (Å²) in [6, 6.07) is 19.0. The summed E-state index contributed by atoms with van der Waals surface area (Å²) < 4.78 is 15.2. The zero-order valence-corrected chi connectivity index (χ0v) is 18.6. The van der Waals surface area contributed by atoms with E-state index in [1.165, 1.54) is 35.8 Å². The molecule has 1 aromatic heterocycles. The number of nitrogens with zero attached hydrogens (tertiary/aromatic N) is 1. The van der Waals surface area contributed by atoms with Gasteiger partial charge in [-0.15, -0.1) is 0 Å². The smallest absolute Gasteiger partial charge is 0.310 e. The van der Waals surface area contributed by atoms with Crippen LogP contribution in [0.5, 0.6) is 0 Å². The van der Waals surface area contributed by atoms with E-state index in [1.807, 2.05) is 6.07 Å². The van der Waals surface area contributed by atoms with Crippen LogP contribution >= 0.6 is 7.82 Å². The standard InChI is InChI=1S/C24H31N2O4P/c27-31(28,29)30-18-17-25-19-22-15-14-21(23-13-8-16-26-24(22)23)12-7-2-1-4-9-20-10-5-3-6-11-20/h3,5-6,8,10-11,13-16,25H,1-2,4,7,9,12,17-19H2,(H2,27,28,29). The van der Waals surface area contributed by atoms with Crippen LogP contribution in [0.1, 0.15) is 42.4 Å². The van der Waals surface area contributed by atoms with Crippen molar-refractivity contribution in [1.82, 2.24) is 10.3 Å². The summed E-state index contributed by atoms with van der Waals surface area (Å²) in [7, 11) is -4.41. The number of pyridine rings is 1. The van der Waals surface area contributed by atoms with Gasteiger partial charge in [-0.3, -0.25) is 9.51 Å². The minimum absolute atomic E-state index is 0.0437. The fourth-order valence-corrected chi connectivity index (χ4v) is 4.08. The molecule has 0 radical (unpaired) electrons. The summed E-state index contributed by atoms with van der Waals surface area (Å²) in [5.74, 6) is 0. The summed E-state index contributed by atoms with van der Waals surface area (Å²) in [5, 5.41) is 4.34. The second kappa shape index (κ2) is 12.1. The number of phosphoric ester groups is 1. The van der Waals surface area contributed by atoms with Crippen LogP contribution in [0.15, 0.2) is 60.8 Å². The highest BCUT2D eigenvalue weighted by Crippen LogP contribution is 2.35. The van der Waals surface area contributed by atoms with E-state index in [0.717, 1.165) is 30.3 Å². The Hall–Kier alpha value is -2.08. The van der Waals surface area contributed by atoms with Crippen LogP contribution in [0.25, 0.3) is 10.9 Å². The van der Waals surface area contributed by atoms with Gasteiger partial charge in [-0.05, 0) is 48.4 Å². The SMILES string of the molecule is O=P(O)(O)OCCNCc1ccc(CCCCCCc2ccccc2)c2cccnc12. The Bertz CT molecular complexity index is 991. The van der Waals surface area contributed by atoms with Crippen LogP contribution < -0.4 is 5.32 Å². The molecule has 0 amide bonds. The van der Waals surface area contributed by atoms with Gasteiger partial charge in [0.25, 0.3) is 0 Å². The topological polar surface area (TPSA) is 91.7 Å². The molecule has 31 heavy (non-hydrogen) atoms. The molecular weight excluding hydrogens is 411 g/mol.